The fourth-order valence-corrected chi connectivity index (χ4v) is 5.10. The highest BCUT2D eigenvalue weighted by Crippen LogP contribution is 2.25. The molecule has 1 saturated heterocycles. The molecule has 1 aromatic heterocycles. The number of ether oxygens (including phenoxy) is 2. The fraction of sp³-hybridized carbons (Fsp3) is 0.476. The molecule has 1 aromatic carbocycles. The number of hydrogen-bond donors (Lipinski definition) is 0. The van der Waals surface area contributed by atoms with Gasteiger partial charge in [0.1, 0.15) is 16.2 Å². The van der Waals surface area contributed by atoms with Crippen molar-refractivity contribution in [1.82, 2.24) is 9.29 Å². The van der Waals surface area contributed by atoms with Gasteiger partial charge in [-0.3, -0.25) is 0 Å². The smallest absolute Gasteiger partial charge is 0.218 e. The second kappa shape index (κ2) is 10.1. The van der Waals surface area contributed by atoms with E-state index in [9.17, 15) is 8.42 Å². The van der Waals surface area contributed by atoms with E-state index in [0.29, 0.717) is 29.9 Å². The van der Waals surface area contributed by atoms with Gasteiger partial charge in [0.15, 0.2) is 0 Å². The van der Waals surface area contributed by atoms with Crippen molar-refractivity contribution >= 4 is 31.8 Å². The minimum Gasteiger partial charge on any atom is -0.497 e. The third kappa shape index (κ3) is 5.72. The average molecular weight is 498 g/mol. The Balaban J connectivity index is 1.75. The van der Waals surface area contributed by atoms with Crippen LogP contribution in [0.1, 0.15) is 24.5 Å². The Labute approximate surface area is 187 Å². The number of pyridine rings is 1. The molecule has 0 spiro atoms. The first-order chi connectivity index (χ1) is 14.3. The van der Waals surface area contributed by atoms with Gasteiger partial charge in [-0.25, -0.2) is 17.7 Å². The van der Waals surface area contributed by atoms with Crippen LogP contribution in [-0.2, 0) is 27.1 Å². The van der Waals surface area contributed by atoms with E-state index in [1.165, 1.54) is 4.31 Å². The van der Waals surface area contributed by atoms with Crippen molar-refractivity contribution in [3.05, 3.63) is 52.1 Å². The molecule has 1 unspecified atom stereocenters. The molecule has 2 aromatic rings. The molecule has 7 nitrogen and oxygen atoms in total. The third-order valence-electron chi connectivity index (χ3n) is 5.22. The second-order valence-electron chi connectivity index (χ2n) is 7.35. The van der Waals surface area contributed by atoms with E-state index in [1.807, 2.05) is 30.3 Å². The molecular formula is C21H28BrN3O4S. The lowest BCUT2D eigenvalue weighted by Crippen LogP contribution is -2.45. The monoisotopic (exact) mass is 497 g/mol. The highest BCUT2D eigenvalue weighted by Gasteiger charge is 2.25. The first-order valence-corrected chi connectivity index (χ1v) is 12.3. The predicted octanol–water partition coefficient (Wildman–Crippen LogP) is 3.43. The maximum Gasteiger partial charge on any atom is 0.218 e. The molecule has 0 saturated carbocycles. The lowest BCUT2D eigenvalue weighted by Gasteiger charge is -2.36. The van der Waals surface area contributed by atoms with Crippen LogP contribution < -0.4 is 9.64 Å². The van der Waals surface area contributed by atoms with Crippen LogP contribution in [0.2, 0.25) is 0 Å². The van der Waals surface area contributed by atoms with E-state index >= 15 is 0 Å². The fourth-order valence-electron chi connectivity index (χ4n) is 3.47. The number of sulfonamides is 1. The van der Waals surface area contributed by atoms with Crippen molar-refractivity contribution in [2.24, 2.45) is 0 Å². The summed E-state index contributed by atoms with van der Waals surface area (Å²) in [7, 11) is -0.294. The Morgan fingerprint density at radius 2 is 2.00 bits per heavy atom. The molecule has 2 heterocycles. The standard InChI is InChI=1S/C21H28BrN3O4S/c1-4-18-14-29-10-9-25(18)21-12-17(11-20(22)23-21)15-30(26,27)24(2)13-16-5-7-19(28-3)8-6-16/h5-8,11-12,18H,4,9-10,13-15H2,1-3H3. The van der Waals surface area contributed by atoms with Gasteiger partial charge in [-0.1, -0.05) is 19.1 Å². The van der Waals surface area contributed by atoms with Crippen LogP contribution in [0.3, 0.4) is 0 Å². The molecular weight excluding hydrogens is 470 g/mol. The Hall–Kier alpha value is -1.68. The second-order valence-corrected chi connectivity index (χ2v) is 10.2. The van der Waals surface area contributed by atoms with Gasteiger partial charge in [0.05, 0.1) is 32.1 Å². The zero-order chi connectivity index (χ0) is 21.7. The molecule has 0 aliphatic carbocycles. The van der Waals surface area contributed by atoms with Crippen LogP contribution in [0.15, 0.2) is 41.0 Å². The Morgan fingerprint density at radius 1 is 1.27 bits per heavy atom. The van der Waals surface area contributed by atoms with Gasteiger partial charge >= 0.3 is 0 Å². The number of aromatic nitrogens is 1. The SMILES string of the molecule is CCC1COCCN1c1cc(CS(=O)(=O)N(C)Cc2ccc(OC)cc2)cc(Br)n1. The van der Waals surface area contributed by atoms with E-state index < -0.39 is 10.0 Å². The number of benzene rings is 1. The number of anilines is 1. The van der Waals surface area contributed by atoms with Crippen LogP contribution in [-0.4, -0.2) is 57.7 Å². The molecule has 0 radical (unpaired) electrons. The van der Waals surface area contributed by atoms with Gasteiger partial charge in [0.2, 0.25) is 10.0 Å². The molecule has 1 aliphatic heterocycles. The summed E-state index contributed by atoms with van der Waals surface area (Å²) in [6.07, 6.45) is 0.937. The molecule has 1 fully saturated rings. The lowest BCUT2D eigenvalue weighted by atomic mass is 10.1. The molecule has 3 rings (SSSR count). The van der Waals surface area contributed by atoms with Crippen LogP contribution in [0.25, 0.3) is 0 Å². The van der Waals surface area contributed by atoms with Gasteiger partial charge in [-0.15, -0.1) is 0 Å². The van der Waals surface area contributed by atoms with Crippen LogP contribution in [0.4, 0.5) is 5.82 Å². The van der Waals surface area contributed by atoms with Crippen molar-refractivity contribution in [2.45, 2.75) is 31.7 Å². The first-order valence-electron chi connectivity index (χ1n) is 9.90. The summed E-state index contributed by atoms with van der Waals surface area (Å²) in [6, 6.07) is 11.3. The Bertz CT molecular complexity index is 953. The number of hydrogen-bond acceptors (Lipinski definition) is 6. The van der Waals surface area contributed by atoms with Crippen molar-refractivity contribution in [3.63, 3.8) is 0 Å². The van der Waals surface area contributed by atoms with Crippen molar-refractivity contribution in [3.8, 4) is 5.75 Å². The maximum absolute atomic E-state index is 13.0. The summed E-state index contributed by atoms with van der Waals surface area (Å²) in [5.41, 5.74) is 1.60. The zero-order valence-corrected chi connectivity index (χ0v) is 19.9. The molecule has 30 heavy (non-hydrogen) atoms. The van der Waals surface area contributed by atoms with Crippen molar-refractivity contribution in [1.29, 1.82) is 0 Å². The Kier molecular flexibility index (Phi) is 7.73. The van der Waals surface area contributed by atoms with Gasteiger partial charge in [-0.2, -0.15) is 0 Å². The Morgan fingerprint density at radius 3 is 2.67 bits per heavy atom. The minimum absolute atomic E-state index is 0.0884. The summed E-state index contributed by atoms with van der Waals surface area (Å²) in [5, 5.41) is 0. The number of methoxy groups -OCH3 is 1. The normalized spacial score (nSPS) is 17.4. The molecule has 0 bridgehead atoms. The van der Waals surface area contributed by atoms with Crippen LogP contribution >= 0.6 is 15.9 Å². The van der Waals surface area contributed by atoms with E-state index in [4.69, 9.17) is 9.47 Å². The predicted molar refractivity (Wildman–Crippen MR) is 121 cm³/mol. The van der Waals surface area contributed by atoms with Crippen LogP contribution in [0.5, 0.6) is 5.75 Å². The molecule has 164 valence electrons. The average Bonchev–Trinajstić information content (AvgIpc) is 2.73. The van der Waals surface area contributed by atoms with E-state index in [2.05, 4.69) is 32.7 Å². The third-order valence-corrected chi connectivity index (χ3v) is 7.40. The summed E-state index contributed by atoms with van der Waals surface area (Å²) < 4.78 is 38.7. The molecule has 1 atom stereocenters. The number of morpholine rings is 1. The highest BCUT2D eigenvalue weighted by atomic mass is 79.9. The van der Waals surface area contributed by atoms with E-state index in [1.54, 1.807) is 20.2 Å². The zero-order valence-electron chi connectivity index (χ0n) is 17.5. The van der Waals surface area contributed by atoms with E-state index in [-0.39, 0.29) is 11.8 Å². The summed E-state index contributed by atoms with van der Waals surface area (Å²) >= 11 is 3.44. The molecule has 0 N–H and O–H groups in total. The highest BCUT2D eigenvalue weighted by molar-refractivity contribution is 9.10. The number of rotatable bonds is 8. The quantitative estimate of drug-likeness (QED) is 0.520. The van der Waals surface area contributed by atoms with Gasteiger partial charge in [0, 0.05) is 20.1 Å². The molecule has 0 amide bonds. The molecule has 1 aliphatic rings. The molecule has 9 heteroatoms. The van der Waals surface area contributed by atoms with Gasteiger partial charge in [-0.05, 0) is 57.7 Å². The van der Waals surface area contributed by atoms with Crippen molar-refractivity contribution in [2.75, 3.05) is 38.8 Å². The number of nitrogens with zero attached hydrogens (tertiary/aromatic N) is 3. The largest absolute Gasteiger partial charge is 0.497 e. The van der Waals surface area contributed by atoms with E-state index in [0.717, 1.165) is 30.1 Å². The number of halogens is 1. The van der Waals surface area contributed by atoms with Crippen LogP contribution in [0, 0.1) is 0 Å². The van der Waals surface area contributed by atoms with Crippen molar-refractivity contribution < 1.29 is 17.9 Å². The summed E-state index contributed by atoms with van der Waals surface area (Å²) in [6.45, 7) is 4.45. The topological polar surface area (TPSA) is 72.0 Å². The summed E-state index contributed by atoms with van der Waals surface area (Å²) in [4.78, 5) is 6.78. The first kappa shape index (κ1) is 23.0. The minimum atomic E-state index is -3.50. The summed E-state index contributed by atoms with van der Waals surface area (Å²) in [5.74, 6) is 1.43. The maximum atomic E-state index is 13.0. The van der Waals surface area contributed by atoms with Gasteiger partial charge in [0.25, 0.3) is 0 Å². The lowest BCUT2D eigenvalue weighted by molar-refractivity contribution is 0.0925. The van der Waals surface area contributed by atoms with Gasteiger partial charge < -0.3 is 14.4 Å².